The van der Waals surface area contributed by atoms with Crippen LogP contribution < -0.4 is 5.32 Å². The monoisotopic (exact) mass is 289 g/mol. The molecule has 0 aromatic heterocycles. The average molecular weight is 289 g/mol. The lowest BCUT2D eigenvalue weighted by molar-refractivity contribution is -0.113. The van der Waals surface area contributed by atoms with Crippen molar-refractivity contribution in [1.29, 1.82) is 0 Å². The summed E-state index contributed by atoms with van der Waals surface area (Å²) in [4.78, 5) is 12.9. The molecule has 0 aliphatic rings. The minimum atomic E-state index is -0.356. The molecule has 0 bridgehead atoms. The first-order chi connectivity index (χ1) is 9.54. The maximum absolute atomic E-state index is 13.0. The number of carbonyl (C=O) groups is 1. The van der Waals surface area contributed by atoms with E-state index in [-0.39, 0.29) is 11.7 Å². The first-order valence-corrected chi connectivity index (χ1v) is 7.28. The van der Waals surface area contributed by atoms with Crippen molar-refractivity contribution in [3.8, 4) is 0 Å². The molecular weight excluding hydrogens is 273 g/mol. The molecule has 1 amide bonds. The van der Waals surface area contributed by atoms with E-state index in [0.29, 0.717) is 11.4 Å². The van der Waals surface area contributed by atoms with Crippen LogP contribution >= 0.6 is 11.8 Å². The number of thioether (sulfide) groups is 1. The maximum atomic E-state index is 13.0. The molecule has 4 heteroatoms. The third-order valence-corrected chi connectivity index (χ3v) is 3.97. The molecule has 0 unspecified atom stereocenters. The van der Waals surface area contributed by atoms with E-state index < -0.39 is 0 Å². The lowest BCUT2D eigenvalue weighted by atomic mass is 10.2. The van der Waals surface area contributed by atoms with Crippen molar-refractivity contribution in [3.05, 3.63) is 59.4 Å². The van der Waals surface area contributed by atoms with E-state index in [2.05, 4.69) is 11.4 Å². The van der Waals surface area contributed by atoms with Crippen LogP contribution in [0.15, 0.2) is 47.4 Å². The SMILES string of the molecule is Cc1ccc(C)c(SCC(=O)Nc2cccc(F)c2)c1. The fourth-order valence-corrected chi connectivity index (χ4v) is 2.69. The highest BCUT2D eigenvalue weighted by Gasteiger charge is 2.06. The van der Waals surface area contributed by atoms with Gasteiger partial charge < -0.3 is 5.32 Å². The summed E-state index contributed by atoms with van der Waals surface area (Å²) in [6.45, 7) is 4.04. The van der Waals surface area contributed by atoms with E-state index in [9.17, 15) is 9.18 Å². The van der Waals surface area contributed by atoms with Crippen molar-refractivity contribution in [2.24, 2.45) is 0 Å². The second kappa shape index (κ2) is 6.57. The van der Waals surface area contributed by atoms with E-state index in [1.54, 1.807) is 12.1 Å². The van der Waals surface area contributed by atoms with Crippen LogP contribution in [0, 0.1) is 19.7 Å². The Morgan fingerprint density at radius 2 is 2.00 bits per heavy atom. The van der Waals surface area contributed by atoms with E-state index in [4.69, 9.17) is 0 Å². The van der Waals surface area contributed by atoms with Crippen molar-refractivity contribution >= 4 is 23.4 Å². The molecule has 1 N–H and O–H groups in total. The number of halogens is 1. The van der Waals surface area contributed by atoms with Crippen molar-refractivity contribution < 1.29 is 9.18 Å². The highest BCUT2D eigenvalue weighted by atomic mass is 32.2. The molecule has 0 aliphatic carbocycles. The van der Waals surface area contributed by atoms with Crippen molar-refractivity contribution in [3.63, 3.8) is 0 Å². The van der Waals surface area contributed by atoms with Crippen LogP contribution in [-0.4, -0.2) is 11.7 Å². The standard InChI is InChI=1S/C16H16FNOS/c1-11-6-7-12(2)15(8-11)20-10-16(19)18-14-5-3-4-13(17)9-14/h3-9H,10H2,1-2H3,(H,18,19). The van der Waals surface area contributed by atoms with Gasteiger partial charge in [-0.25, -0.2) is 4.39 Å². The topological polar surface area (TPSA) is 29.1 Å². The van der Waals surface area contributed by atoms with E-state index in [0.717, 1.165) is 10.5 Å². The molecule has 0 saturated carbocycles. The number of rotatable bonds is 4. The summed E-state index contributed by atoms with van der Waals surface area (Å²) in [5.41, 5.74) is 2.80. The van der Waals surface area contributed by atoms with Crippen LogP contribution in [0.1, 0.15) is 11.1 Å². The van der Waals surface area contributed by atoms with Gasteiger partial charge in [0.2, 0.25) is 5.91 Å². The minimum absolute atomic E-state index is 0.137. The van der Waals surface area contributed by atoms with Gasteiger partial charge in [-0.15, -0.1) is 11.8 Å². The molecule has 0 spiro atoms. The Kier molecular flexibility index (Phi) is 4.79. The normalized spacial score (nSPS) is 10.3. The predicted octanol–water partition coefficient (Wildman–Crippen LogP) is 4.17. The molecule has 20 heavy (non-hydrogen) atoms. The molecule has 0 heterocycles. The highest BCUT2D eigenvalue weighted by molar-refractivity contribution is 8.00. The largest absolute Gasteiger partial charge is 0.325 e. The smallest absolute Gasteiger partial charge is 0.234 e. The molecule has 0 saturated heterocycles. The van der Waals surface area contributed by atoms with Gasteiger partial charge >= 0.3 is 0 Å². The predicted molar refractivity (Wildman–Crippen MR) is 81.7 cm³/mol. The second-order valence-electron chi connectivity index (χ2n) is 4.62. The molecule has 2 aromatic rings. The number of hydrogen-bond donors (Lipinski definition) is 1. The molecule has 0 radical (unpaired) electrons. The Labute approximate surface area is 122 Å². The fraction of sp³-hybridized carbons (Fsp3) is 0.188. The molecule has 0 atom stereocenters. The summed E-state index contributed by atoms with van der Waals surface area (Å²) < 4.78 is 13.0. The van der Waals surface area contributed by atoms with Gasteiger partial charge in [0.25, 0.3) is 0 Å². The van der Waals surface area contributed by atoms with Crippen molar-refractivity contribution in [1.82, 2.24) is 0 Å². The van der Waals surface area contributed by atoms with Crippen molar-refractivity contribution in [2.45, 2.75) is 18.7 Å². The molecule has 104 valence electrons. The first kappa shape index (κ1) is 14.6. The highest BCUT2D eigenvalue weighted by Crippen LogP contribution is 2.23. The van der Waals surface area contributed by atoms with Crippen LogP contribution in [0.5, 0.6) is 0 Å². The number of aryl methyl sites for hydroxylation is 2. The third-order valence-electron chi connectivity index (χ3n) is 2.81. The molecule has 2 aromatic carbocycles. The quantitative estimate of drug-likeness (QED) is 0.856. The summed E-state index contributed by atoms with van der Waals surface area (Å²) >= 11 is 1.49. The second-order valence-corrected chi connectivity index (χ2v) is 5.63. The van der Waals surface area contributed by atoms with Gasteiger partial charge in [0, 0.05) is 10.6 Å². The van der Waals surface area contributed by atoms with Crippen molar-refractivity contribution in [2.75, 3.05) is 11.1 Å². The van der Waals surface area contributed by atoms with Gasteiger partial charge in [-0.3, -0.25) is 4.79 Å². The molecule has 0 aliphatic heterocycles. The number of anilines is 1. The van der Waals surface area contributed by atoms with E-state index in [1.807, 2.05) is 26.0 Å². The number of carbonyl (C=O) groups excluding carboxylic acids is 1. The summed E-state index contributed by atoms with van der Waals surface area (Å²) in [5.74, 6) is -0.188. The molecular formula is C16H16FNOS. The summed E-state index contributed by atoms with van der Waals surface area (Å²) in [7, 11) is 0. The Morgan fingerprint density at radius 3 is 2.75 bits per heavy atom. The summed E-state index contributed by atoms with van der Waals surface area (Å²) in [6, 6.07) is 12.1. The zero-order valence-electron chi connectivity index (χ0n) is 11.4. The Morgan fingerprint density at radius 1 is 1.20 bits per heavy atom. The van der Waals surface area contributed by atoms with E-state index >= 15 is 0 Å². The lowest BCUT2D eigenvalue weighted by Gasteiger charge is -2.08. The Bertz CT molecular complexity index is 628. The number of benzene rings is 2. The average Bonchev–Trinajstić information content (AvgIpc) is 2.40. The zero-order chi connectivity index (χ0) is 14.5. The van der Waals surface area contributed by atoms with Gasteiger partial charge in [-0.05, 0) is 43.7 Å². The Balaban J connectivity index is 1.94. The van der Waals surface area contributed by atoms with Gasteiger partial charge in [0.15, 0.2) is 0 Å². The maximum Gasteiger partial charge on any atom is 0.234 e. The number of hydrogen-bond acceptors (Lipinski definition) is 2. The Hall–Kier alpha value is -1.81. The van der Waals surface area contributed by atoms with E-state index in [1.165, 1.54) is 29.5 Å². The number of nitrogens with one attached hydrogen (secondary N) is 1. The molecule has 2 rings (SSSR count). The van der Waals surface area contributed by atoms with Crippen LogP contribution in [0.4, 0.5) is 10.1 Å². The van der Waals surface area contributed by atoms with Crippen LogP contribution in [0.2, 0.25) is 0 Å². The molecule has 0 fully saturated rings. The summed E-state index contributed by atoms with van der Waals surface area (Å²) in [5, 5.41) is 2.69. The number of amides is 1. The minimum Gasteiger partial charge on any atom is -0.325 e. The van der Waals surface area contributed by atoms with Gasteiger partial charge in [-0.1, -0.05) is 23.8 Å². The van der Waals surface area contributed by atoms with Gasteiger partial charge in [0.1, 0.15) is 5.82 Å². The van der Waals surface area contributed by atoms with Gasteiger partial charge in [0.05, 0.1) is 5.75 Å². The van der Waals surface area contributed by atoms with Crippen LogP contribution in [0.3, 0.4) is 0 Å². The fourth-order valence-electron chi connectivity index (χ4n) is 1.77. The van der Waals surface area contributed by atoms with Gasteiger partial charge in [-0.2, -0.15) is 0 Å². The first-order valence-electron chi connectivity index (χ1n) is 6.30. The lowest BCUT2D eigenvalue weighted by Crippen LogP contribution is -2.14. The summed E-state index contributed by atoms with van der Waals surface area (Å²) in [6.07, 6.45) is 0. The third kappa shape index (κ3) is 4.10. The van der Waals surface area contributed by atoms with Crippen LogP contribution in [-0.2, 0) is 4.79 Å². The van der Waals surface area contributed by atoms with Crippen LogP contribution in [0.25, 0.3) is 0 Å². The molecule has 2 nitrogen and oxygen atoms in total. The zero-order valence-corrected chi connectivity index (χ0v) is 12.3.